The normalized spacial score (nSPS) is 12.0. The van der Waals surface area contributed by atoms with Crippen LogP contribution in [-0.4, -0.2) is 11.1 Å². The minimum absolute atomic E-state index is 0.0445. The molecule has 0 amide bonds. The second kappa shape index (κ2) is 6.26. The molecule has 0 spiro atoms. The summed E-state index contributed by atoms with van der Waals surface area (Å²) >= 11 is 3.00. The van der Waals surface area contributed by atoms with Crippen molar-refractivity contribution >= 4 is 27.6 Å². The van der Waals surface area contributed by atoms with Gasteiger partial charge >= 0.3 is 5.97 Å². The number of hydrogen-bond donors (Lipinski definition) is 2. The van der Waals surface area contributed by atoms with Crippen molar-refractivity contribution in [3.05, 3.63) is 63.4 Å². The van der Waals surface area contributed by atoms with Gasteiger partial charge in [0.2, 0.25) is 0 Å². The van der Waals surface area contributed by atoms with Gasteiger partial charge in [-0.15, -0.1) is 0 Å². The average Bonchev–Trinajstić information content (AvgIpc) is 2.44. The third kappa shape index (κ3) is 3.24. The molecule has 5 heteroatoms. The number of rotatable bonds is 4. The molecule has 21 heavy (non-hydrogen) atoms. The zero-order valence-electron chi connectivity index (χ0n) is 11.7. The predicted molar refractivity (Wildman–Crippen MR) is 84.3 cm³/mol. The second-order valence-electron chi connectivity index (χ2n) is 4.82. The summed E-state index contributed by atoms with van der Waals surface area (Å²) in [6.07, 6.45) is 0. The molecule has 3 nitrogen and oxygen atoms in total. The van der Waals surface area contributed by atoms with Crippen LogP contribution in [0.15, 0.2) is 40.9 Å². The predicted octanol–water partition coefficient (Wildman–Crippen LogP) is 4.77. The molecule has 0 bridgehead atoms. The number of aryl methyl sites for hydroxylation is 1. The maximum Gasteiger partial charge on any atom is 0.336 e. The van der Waals surface area contributed by atoms with Crippen molar-refractivity contribution in [2.45, 2.75) is 19.9 Å². The summed E-state index contributed by atoms with van der Waals surface area (Å²) < 4.78 is 14.2. The SMILES string of the molecule is Cc1ccccc1C(C)Nc1ccc(C(=O)O)c(Br)c1F. The van der Waals surface area contributed by atoms with E-state index in [1.54, 1.807) is 0 Å². The Hall–Kier alpha value is -1.88. The molecule has 1 unspecified atom stereocenters. The monoisotopic (exact) mass is 351 g/mol. The quantitative estimate of drug-likeness (QED) is 0.834. The zero-order chi connectivity index (χ0) is 15.6. The van der Waals surface area contributed by atoms with E-state index in [1.165, 1.54) is 12.1 Å². The van der Waals surface area contributed by atoms with Crippen LogP contribution in [-0.2, 0) is 0 Å². The highest BCUT2D eigenvalue weighted by Crippen LogP contribution is 2.30. The molecule has 0 fully saturated rings. The van der Waals surface area contributed by atoms with Gasteiger partial charge in [-0.1, -0.05) is 24.3 Å². The number of halogens is 2. The molecule has 2 rings (SSSR count). The molecular weight excluding hydrogens is 337 g/mol. The largest absolute Gasteiger partial charge is 0.478 e. The van der Waals surface area contributed by atoms with Crippen LogP contribution in [0, 0.1) is 12.7 Å². The topological polar surface area (TPSA) is 49.3 Å². The van der Waals surface area contributed by atoms with E-state index in [2.05, 4.69) is 21.2 Å². The molecule has 0 aromatic heterocycles. The fourth-order valence-corrected chi connectivity index (χ4v) is 2.73. The van der Waals surface area contributed by atoms with Crippen molar-refractivity contribution in [3.63, 3.8) is 0 Å². The van der Waals surface area contributed by atoms with Gasteiger partial charge in [0.15, 0.2) is 5.82 Å². The molecule has 0 aliphatic rings. The Bertz CT molecular complexity index is 688. The van der Waals surface area contributed by atoms with E-state index < -0.39 is 11.8 Å². The maximum atomic E-state index is 14.2. The Morgan fingerprint density at radius 3 is 2.57 bits per heavy atom. The van der Waals surface area contributed by atoms with E-state index in [0.29, 0.717) is 0 Å². The van der Waals surface area contributed by atoms with Crippen molar-refractivity contribution in [3.8, 4) is 0 Å². The summed E-state index contributed by atoms with van der Waals surface area (Å²) in [5, 5.41) is 12.0. The number of nitrogens with one attached hydrogen (secondary N) is 1. The Labute approximate surface area is 130 Å². The third-order valence-corrected chi connectivity index (χ3v) is 4.11. The van der Waals surface area contributed by atoms with Gasteiger partial charge in [0.05, 0.1) is 15.7 Å². The average molecular weight is 352 g/mol. The number of carboxylic acid groups (broad SMARTS) is 1. The van der Waals surface area contributed by atoms with Gasteiger partial charge in [-0.05, 0) is 53.0 Å². The van der Waals surface area contributed by atoms with Crippen LogP contribution >= 0.6 is 15.9 Å². The van der Waals surface area contributed by atoms with Crippen molar-refractivity contribution in [2.24, 2.45) is 0 Å². The Kier molecular flexibility index (Phi) is 4.63. The lowest BCUT2D eigenvalue weighted by molar-refractivity contribution is 0.0695. The van der Waals surface area contributed by atoms with E-state index in [4.69, 9.17) is 5.11 Å². The van der Waals surface area contributed by atoms with Crippen LogP contribution in [0.25, 0.3) is 0 Å². The van der Waals surface area contributed by atoms with Crippen molar-refractivity contribution < 1.29 is 14.3 Å². The highest BCUT2D eigenvalue weighted by atomic mass is 79.9. The molecule has 0 radical (unpaired) electrons. The summed E-state index contributed by atoms with van der Waals surface area (Å²) in [6, 6.07) is 10.6. The highest BCUT2D eigenvalue weighted by molar-refractivity contribution is 9.10. The second-order valence-corrected chi connectivity index (χ2v) is 5.61. The minimum atomic E-state index is -1.17. The first kappa shape index (κ1) is 15.5. The Balaban J connectivity index is 2.30. The minimum Gasteiger partial charge on any atom is -0.478 e. The van der Waals surface area contributed by atoms with E-state index in [0.717, 1.165) is 11.1 Å². The molecule has 0 aliphatic heterocycles. The molecule has 110 valence electrons. The summed E-state index contributed by atoms with van der Waals surface area (Å²) in [5.74, 6) is -1.77. The van der Waals surface area contributed by atoms with E-state index in [-0.39, 0.29) is 21.8 Å². The molecule has 0 saturated carbocycles. The molecule has 1 atom stereocenters. The number of benzene rings is 2. The van der Waals surface area contributed by atoms with E-state index in [9.17, 15) is 9.18 Å². The fourth-order valence-electron chi connectivity index (χ4n) is 2.21. The first-order valence-corrected chi connectivity index (χ1v) is 7.24. The number of carbonyl (C=O) groups is 1. The molecule has 2 aromatic carbocycles. The summed E-state index contributed by atoms with van der Waals surface area (Å²) in [6.45, 7) is 3.92. The van der Waals surface area contributed by atoms with Gasteiger partial charge in [-0.25, -0.2) is 9.18 Å². The number of carboxylic acids is 1. The van der Waals surface area contributed by atoms with Crippen LogP contribution in [0.2, 0.25) is 0 Å². The first-order chi connectivity index (χ1) is 9.91. The highest BCUT2D eigenvalue weighted by Gasteiger charge is 2.17. The van der Waals surface area contributed by atoms with E-state index in [1.807, 2.05) is 38.1 Å². The van der Waals surface area contributed by atoms with E-state index >= 15 is 0 Å². The summed E-state index contributed by atoms with van der Waals surface area (Å²) in [7, 11) is 0. The fraction of sp³-hybridized carbons (Fsp3) is 0.188. The van der Waals surface area contributed by atoms with Crippen LogP contribution in [0.3, 0.4) is 0 Å². The van der Waals surface area contributed by atoms with Gasteiger partial charge in [0, 0.05) is 6.04 Å². The maximum absolute atomic E-state index is 14.2. The summed E-state index contributed by atoms with van der Waals surface area (Å²) in [4.78, 5) is 11.0. The molecule has 0 heterocycles. The molecule has 2 aromatic rings. The molecule has 0 aliphatic carbocycles. The lowest BCUT2D eigenvalue weighted by Gasteiger charge is -2.19. The lowest BCUT2D eigenvalue weighted by atomic mass is 10.0. The Morgan fingerprint density at radius 1 is 1.29 bits per heavy atom. The van der Waals surface area contributed by atoms with Crippen LogP contribution < -0.4 is 5.32 Å². The number of aromatic carboxylic acids is 1. The van der Waals surface area contributed by atoms with Gasteiger partial charge in [-0.2, -0.15) is 0 Å². The number of hydrogen-bond acceptors (Lipinski definition) is 2. The van der Waals surface area contributed by atoms with Gasteiger partial charge < -0.3 is 10.4 Å². The smallest absolute Gasteiger partial charge is 0.336 e. The van der Waals surface area contributed by atoms with Crippen molar-refractivity contribution in [2.75, 3.05) is 5.32 Å². The van der Waals surface area contributed by atoms with Gasteiger partial charge in [0.1, 0.15) is 0 Å². The van der Waals surface area contributed by atoms with Crippen molar-refractivity contribution in [1.82, 2.24) is 0 Å². The van der Waals surface area contributed by atoms with Crippen molar-refractivity contribution in [1.29, 1.82) is 0 Å². The lowest BCUT2D eigenvalue weighted by Crippen LogP contribution is -2.10. The van der Waals surface area contributed by atoms with Gasteiger partial charge in [-0.3, -0.25) is 0 Å². The van der Waals surface area contributed by atoms with Gasteiger partial charge in [0.25, 0.3) is 0 Å². The van der Waals surface area contributed by atoms with Crippen LogP contribution in [0.5, 0.6) is 0 Å². The van der Waals surface area contributed by atoms with Crippen LogP contribution in [0.4, 0.5) is 10.1 Å². The summed E-state index contributed by atoms with van der Waals surface area (Å²) in [5.41, 5.74) is 2.35. The third-order valence-electron chi connectivity index (χ3n) is 3.34. The molecule has 0 saturated heterocycles. The zero-order valence-corrected chi connectivity index (χ0v) is 13.2. The standard InChI is InChI=1S/C16H15BrFNO2/c1-9-5-3-4-6-11(9)10(2)19-13-8-7-12(16(20)21)14(17)15(13)18/h3-8,10,19H,1-2H3,(H,20,21). The Morgan fingerprint density at radius 2 is 1.95 bits per heavy atom. The number of anilines is 1. The first-order valence-electron chi connectivity index (χ1n) is 6.45. The van der Waals surface area contributed by atoms with Crippen LogP contribution in [0.1, 0.15) is 34.5 Å². The molecular formula is C16H15BrFNO2. The molecule has 2 N–H and O–H groups in total.